The molecule has 0 aromatic carbocycles. The lowest BCUT2D eigenvalue weighted by Gasteiger charge is -2.40. The standard InChI is InChI=1S/C51H94O12S/c1-3-5-7-9-11-13-15-17-18-19-20-21-22-23-24-25-26-28-29-31-33-35-37-39-46(52)60-41-44(42-61-51-50(56)49(55)48(54)45(63-51)43-64(57,58)59)62-47(53)40-38-36-34-32-30-27-16-14-12-10-8-6-4-2/h27,30-31,33,44-45,48-51,54-56H,3-26,28-29,32,34-43H2,1-2H3,(H,57,58,59)/b30-27+,33-31+/t44-,45-,48-,49?,50?,51+/m1/s1. The third-order valence-electron chi connectivity index (χ3n) is 12.0. The molecule has 1 rings (SSSR count). The van der Waals surface area contributed by atoms with Crippen LogP contribution >= 0.6 is 0 Å². The molecule has 1 saturated heterocycles. The fraction of sp³-hybridized carbons (Fsp3) is 0.882. The van der Waals surface area contributed by atoms with Crippen LogP contribution in [0.3, 0.4) is 0 Å². The van der Waals surface area contributed by atoms with Crippen molar-refractivity contribution >= 4 is 22.1 Å². The molecule has 0 aliphatic carbocycles. The van der Waals surface area contributed by atoms with Gasteiger partial charge in [0.05, 0.1) is 6.61 Å². The first-order valence-electron chi connectivity index (χ1n) is 25.9. The van der Waals surface area contributed by atoms with Gasteiger partial charge in [-0.15, -0.1) is 0 Å². The van der Waals surface area contributed by atoms with Crippen LogP contribution in [-0.2, 0) is 38.7 Å². The average molecular weight is 931 g/mol. The predicted octanol–water partition coefficient (Wildman–Crippen LogP) is 11.6. The zero-order valence-electron chi connectivity index (χ0n) is 40.4. The molecule has 1 aliphatic heterocycles. The summed E-state index contributed by atoms with van der Waals surface area (Å²) in [5.74, 6) is -2.03. The van der Waals surface area contributed by atoms with Gasteiger partial charge in [-0.25, -0.2) is 0 Å². The van der Waals surface area contributed by atoms with Crippen molar-refractivity contribution in [2.24, 2.45) is 0 Å². The molecular formula is C51H94O12S. The van der Waals surface area contributed by atoms with Crippen LogP contribution in [0.4, 0.5) is 0 Å². The fourth-order valence-electron chi connectivity index (χ4n) is 7.97. The SMILES string of the molecule is CCCCCCCC/C=C/CCCCCC(=O)O[C@H](COC(=O)CCC/C=C/CCCCCCCCCCCCCCCCCCCC)CO[C@H]1O[C@H](CS(=O)(=O)O)[C@@H](O)C(O)C1O. The van der Waals surface area contributed by atoms with Crippen LogP contribution < -0.4 is 0 Å². The normalized spacial score (nSPS) is 19.8. The van der Waals surface area contributed by atoms with E-state index >= 15 is 0 Å². The van der Waals surface area contributed by atoms with E-state index in [0.29, 0.717) is 12.8 Å². The van der Waals surface area contributed by atoms with Gasteiger partial charge >= 0.3 is 11.9 Å². The van der Waals surface area contributed by atoms with Gasteiger partial charge in [0.25, 0.3) is 10.1 Å². The predicted molar refractivity (Wildman–Crippen MR) is 256 cm³/mol. The maximum absolute atomic E-state index is 12.8. The summed E-state index contributed by atoms with van der Waals surface area (Å²) in [6.07, 6.45) is 38.2. The number of hydrogen-bond donors (Lipinski definition) is 4. The number of hydrogen-bond acceptors (Lipinski definition) is 11. The molecule has 0 bridgehead atoms. The summed E-state index contributed by atoms with van der Waals surface area (Å²) in [5, 5.41) is 30.9. The van der Waals surface area contributed by atoms with E-state index in [1.54, 1.807) is 0 Å². The molecule has 64 heavy (non-hydrogen) atoms. The van der Waals surface area contributed by atoms with Crippen molar-refractivity contribution in [2.45, 2.75) is 269 Å². The maximum atomic E-state index is 12.8. The Morgan fingerprint density at radius 3 is 1.34 bits per heavy atom. The summed E-state index contributed by atoms with van der Waals surface area (Å²) in [5.41, 5.74) is 0. The van der Waals surface area contributed by atoms with Gasteiger partial charge in [-0.1, -0.05) is 186 Å². The van der Waals surface area contributed by atoms with Gasteiger partial charge in [0.2, 0.25) is 0 Å². The summed E-state index contributed by atoms with van der Waals surface area (Å²) in [7, 11) is -4.61. The maximum Gasteiger partial charge on any atom is 0.306 e. The molecule has 0 aromatic heterocycles. The number of esters is 2. The highest BCUT2D eigenvalue weighted by molar-refractivity contribution is 7.85. The van der Waals surface area contributed by atoms with E-state index in [4.69, 9.17) is 18.9 Å². The molecule has 0 saturated carbocycles. The Hall–Kier alpha value is -1.87. The molecule has 0 aromatic rings. The minimum Gasteiger partial charge on any atom is -0.462 e. The minimum absolute atomic E-state index is 0.141. The molecule has 2 unspecified atom stereocenters. The average Bonchev–Trinajstić information content (AvgIpc) is 3.26. The van der Waals surface area contributed by atoms with Crippen molar-refractivity contribution in [2.75, 3.05) is 19.0 Å². The molecule has 0 radical (unpaired) electrons. The van der Waals surface area contributed by atoms with E-state index in [-0.39, 0.29) is 19.4 Å². The quantitative estimate of drug-likeness (QED) is 0.0196. The van der Waals surface area contributed by atoms with Gasteiger partial charge in [0.1, 0.15) is 36.8 Å². The van der Waals surface area contributed by atoms with Gasteiger partial charge in [-0.2, -0.15) is 8.42 Å². The highest BCUT2D eigenvalue weighted by atomic mass is 32.2. The second-order valence-electron chi connectivity index (χ2n) is 18.2. The Morgan fingerprint density at radius 1 is 0.516 bits per heavy atom. The number of ether oxygens (including phenoxy) is 4. The Labute approximate surface area is 389 Å². The largest absolute Gasteiger partial charge is 0.462 e. The van der Waals surface area contributed by atoms with Crippen molar-refractivity contribution in [3.8, 4) is 0 Å². The monoisotopic (exact) mass is 931 g/mol. The molecule has 13 heteroatoms. The van der Waals surface area contributed by atoms with E-state index in [2.05, 4.69) is 38.2 Å². The number of aliphatic hydroxyl groups is 3. The lowest BCUT2D eigenvalue weighted by Crippen LogP contribution is -2.60. The van der Waals surface area contributed by atoms with Gasteiger partial charge < -0.3 is 34.3 Å². The minimum atomic E-state index is -4.61. The summed E-state index contributed by atoms with van der Waals surface area (Å²) in [4.78, 5) is 25.4. The zero-order valence-corrected chi connectivity index (χ0v) is 41.2. The molecule has 4 N–H and O–H groups in total. The van der Waals surface area contributed by atoms with Crippen molar-refractivity contribution in [1.82, 2.24) is 0 Å². The second kappa shape index (κ2) is 41.3. The number of carbonyl (C=O) groups excluding carboxylic acids is 2. The number of carbonyl (C=O) groups is 2. The van der Waals surface area contributed by atoms with Crippen LogP contribution in [0.1, 0.15) is 232 Å². The van der Waals surface area contributed by atoms with Gasteiger partial charge in [0, 0.05) is 12.8 Å². The van der Waals surface area contributed by atoms with Gasteiger partial charge in [0.15, 0.2) is 12.4 Å². The van der Waals surface area contributed by atoms with Gasteiger partial charge in [-0.3, -0.25) is 14.1 Å². The van der Waals surface area contributed by atoms with Crippen molar-refractivity contribution in [3.63, 3.8) is 0 Å². The van der Waals surface area contributed by atoms with Crippen LogP contribution in [-0.4, -0.2) is 96.0 Å². The number of unbranched alkanes of at least 4 members (excludes halogenated alkanes) is 28. The molecule has 12 nitrogen and oxygen atoms in total. The van der Waals surface area contributed by atoms with Crippen molar-refractivity contribution < 1.29 is 56.8 Å². The van der Waals surface area contributed by atoms with E-state index in [9.17, 15) is 37.9 Å². The van der Waals surface area contributed by atoms with E-state index in [1.165, 1.54) is 154 Å². The van der Waals surface area contributed by atoms with Gasteiger partial charge in [-0.05, 0) is 57.8 Å². The fourth-order valence-corrected chi connectivity index (χ4v) is 8.66. The van der Waals surface area contributed by atoms with E-state index in [0.717, 1.165) is 38.5 Å². The molecule has 0 spiro atoms. The molecule has 1 heterocycles. The Morgan fingerprint density at radius 2 is 0.906 bits per heavy atom. The molecule has 0 amide bonds. The number of allylic oxidation sites excluding steroid dienone is 4. The van der Waals surface area contributed by atoms with E-state index in [1.807, 2.05) is 0 Å². The highest BCUT2D eigenvalue weighted by Crippen LogP contribution is 2.24. The molecular weight excluding hydrogens is 837 g/mol. The lowest BCUT2D eigenvalue weighted by molar-refractivity contribution is -0.297. The first kappa shape index (κ1) is 60.1. The van der Waals surface area contributed by atoms with Crippen LogP contribution in [0.2, 0.25) is 0 Å². The third-order valence-corrected chi connectivity index (χ3v) is 12.8. The molecule has 6 atom stereocenters. The molecule has 1 aliphatic rings. The lowest BCUT2D eigenvalue weighted by atomic mass is 10.00. The first-order chi connectivity index (χ1) is 31.0. The first-order valence-corrected chi connectivity index (χ1v) is 27.5. The zero-order chi connectivity index (χ0) is 46.9. The topological polar surface area (TPSA) is 186 Å². The second-order valence-corrected chi connectivity index (χ2v) is 19.7. The van der Waals surface area contributed by atoms with Crippen LogP contribution in [0.15, 0.2) is 24.3 Å². The van der Waals surface area contributed by atoms with E-state index < -0.39 is 71.2 Å². The van der Waals surface area contributed by atoms with Crippen molar-refractivity contribution in [3.05, 3.63) is 24.3 Å². The number of rotatable bonds is 44. The van der Waals surface area contributed by atoms with Crippen LogP contribution in [0.25, 0.3) is 0 Å². The highest BCUT2D eigenvalue weighted by Gasteiger charge is 2.46. The van der Waals surface area contributed by atoms with Crippen molar-refractivity contribution in [1.29, 1.82) is 0 Å². The van der Waals surface area contributed by atoms with Crippen LogP contribution in [0.5, 0.6) is 0 Å². The Balaban J connectivity index is 2.34. The third kappa shape index (κ3) is 35.3. The smallest absolute Gasteiger partial charge is 0.306 e. The molecule has 1 fully saturated rings. The Bertz CT molecular complexity index is 1270. The summed E-state index contributed by atoms with van der Waals surface area (Å²) in [6.45, 7) is 3.74. The Kier molecular flexibility index (Phi) is 38.8. The molecule has 376 valence electrons. The summed E-state index contributed by atoms with van der Waals surface area (Å²) in [6, 6.07) is 0. The van der Waals surface area contributed by atoms with Crippen LogP contribution in [0, 0.1) is 0 Å². The number of aliphatic hydroxyl groups excluding tert-OH is 3. The summed E-state index contributed by atoms with van der Waals surface area (Å²) < 4.78 is 54.1. The summed E-state index contributed by atoms with van der Waals surface area (Å²) >= 11 is 0.